The van der Waals surface area contributed by atoms with Gasteiger partial charge in [-0.3, -0.25) is 9.69 Å². The number of amides is 3. The fraction of sp³-hybridized carbons (Fsp3) is 0.259. The van der Waals surface area contributed by atoms with Gasteiger partial charge < -0.3 is 15.0 Å². The molecule has 3 aliphatic heterocycles. The molecule has 3 aromatic carbocycles. The molecule has 0 saturated carbocycles. The zero-order valence-electron chi connectivity index (χ0n) is 18.8. The Morgan fingerprint density at radius 1 is 1.09 bits per heavy atom. The van der Waals surface area contributed by atoms with Crippen LogP contribution in [-0.2, 0) is 13.0 Å². The summed E-state index contributed by atoms with van der Waals surface area (Å²) in [4.78, 5) is 30.1. The number of nitrogens with one attached hydrogen (secondary N) is 1. The third kappa shape index (κ3) is 3.46. The van der Waals surface area contributed by atoms with Crippen molar-refractivity contribution in [3.8, 4) is 5.75 Å². The number of hydrogen-bond donors (Lipinski definition) is 1. The molecule has 172 valence electrons. The van der Waals surface area contributed by atoms with Gasteiger partial charge in [-0.15, -0.1) is 0 Å². The van der Waals surface area contributed by atoms with Gasteiger partial charge in [0.15, 0.2) is 5.72 Å². The third-order valence-corrected chi connectivity index (χ3v) is 7.50. The average molecular weight is 518 g/mol. The number of nitrogens with zero attached hydrogens (tertiary/aromatic N) is 2. The minimum atomic E-state index is -0.869. The summed E-state index contributed by atoms with van der Waals surface area (Å²) in [5.41, 5.74) is 3.80. The molecule has 0 aliphatic carbocycles. The molecule has 6 nitrogen and oxygen atoms in total. The maximum Gasteiger partial charge on any atom is 0.325 e. The van der Waals surface area contributed by atoms with Crippen LogP contribution in [-0.4, -0.2) is 29.1 Å². The molecule has 1 saturated heterocycles. The molecule has 34 heavy (non-hydrogen) atoms. The first-order chi connectivity index (χ1) is 16.4. The molecule has 3 aromatic rings. The van der Waals surface area contributed by atoms with Gasteiger partial charge >= 0.3 is 6.03 Å². The molecular weight excluding hydrogens is 494 g/mol. The predicted octanol–water partition coefficient (Wildman–Crippen LogP) is 5.42. The van der Waals surface area contributed by atoms with Crippen LogP contribution in [0.3, 0.4) is 0 Å². The number of hydrogen-bond acceptors (Lipinski definition) is 3. The van der Waals surface area contributed by atoms with Crippen molar-refractivity contribution >= 4 is 33.6 Å². The number of fused-ring (bicyclic) bond motifs is 5. The van der Waals surface area contributed by atoms with E-state index in [9.17, 15) is 9.59 Å². The van der Waals surface area contributed by atoms with Gasteiger partial charge in [0.05, 0.1) is 11.7 Å². The summed E-state index contributed by atoms with van der Waals surface area (Å²) in [6.45, 7) is 3.20. The molecule has 2 unspecified atom stereocenters. The Kier molecular flexibility index (Phi) is 4.92. The highest BCUT2D eigenvalue weighted by Gasteiger charge is 2.50. The van der Waals surface area contributed by atoms with Crippen molar-refractivity contribution in [1.82, 2.24) is 10.2 Å². The Balaban J connectivity index is 1.30. The topological polar surface area (TPSA) is 61.9 Å². The van der Waals surface area contributed by atoms with Crippen LogP contribution in [0.1, 0.15) is 46.4 Å². The van der Waals surface area contributed by atoms with E-state index < -0.39 is 5.72 Å². The number of anilines is 1. The lowest BCUT2D eigenvalue weighted by Crippen LogP contribution is -2.65. The van der Waals surface area contributed by atoms with E-state index in [2.05, 4.69) is 33.4 Å². The van der Waals surface area contributed by atoms with Crippen LogP contribution in [0.2, 0.25) is 0 Å². The van der Waals surface area contributed by atoms with Gasteiger partial charge in [0.1, 0.15) is 5.75 Å². The number of halogens is 1. The number of benzene rings is 3. The van der Waals surface area contributed by atoms with Crippen molar-refractivity contribution in [2.45, 2.75) is 38.1 Å². The largest absolute Gasteiger partial charge is 0.467 e. The summed E-state index contributed by atoms with van der Waals surface area (Å²) in [5, 5.41) is 3.12. The fourth-order valence-corrected chi connectivity index (χ4v) is 5.71. The van der Waals surface area contributed by atoms with Crippen LogP contribution in [0.4, 0.5) is 10.5 Å². The second kappa shape index (κ2) is 7.87. The minimum Gasteiger partial charge on any atom is -0.467 e. The highest BCUT2D eigenvalue weighted by Crippen LogP contribution is 2.46. The first-order valence-corrected chi connectivity index (χ1v) is 12.3. The first-order valence-electron chi connectivity index (χ1n) is 11.5. The third-order valence-electron chi connectivity index (χ3n) is 7.01. The van der Waals surface area contributed by atoms with Crippen LogP contribution in [0.5, 0.6) is 5.75 Å². The molecule has 3 aliphatic rings. The summed E-state index contributed by atoms with van der Waals surface area (Å²) >= 11 is 3.51. The summed E-state index contributed by atoms with van der Waals surface area (Å²) in [5.74, 6) is 0.716. The SMILES string of the molecule is CC12CC(NC(=O)N1c1cccc(C(=O)N3CCc4ccccc4C3)c1)c1ccc(Br)cc1O2. The van der Waals surface area contributed by atoms with E-state index in [1.165, 1.54) is 11.1 Å². The summed E-state index contributed by atoms with van der Waals surface area (Å²) in [7, 11) is 0. The maximum absolute atomic E-state index is 13.4. The molecular formula is C27H24BrN3O3. The number of ether oxygens (including phenoxy) is 1. The highest BCUT2D eigenvalue weighted by atomic mass is 79.9. The summed E-state index contributed by atoms with van der Waals surface area (Å²) < 4.78 is 7.32. The minimum absolute atomic E-state index is 0.0318. The molecule has 6 rings (SSSR count). The van der Waals surface area contributed by atoms with E-state index in [1.54, 1.807) is 11.0 Å². The average Bonchev–Trinajstić information content (AvgIpc) is 2.82. The van der Waals surface area contributed by atoms with Crippen molar-refractivity contribution in [3.05, 3.63) is 93.5 Å². The number of carbonyl (C=O) groups is 2. The van der Waals surface area contributed by atoms with Crippen molar-refractivity contribution in [3.63, 3.8) is 0 Å². The second-order valence-electron chi connectivity index (χ2n) is 9.30. The molecule has 0 aromatic heterocycles. The zero-order chi connectivity index (χ0) is 23.4. The van der Waals surface area contributed by atoms with E-state index >= 15 is 0 Å². The lowest BCUT2D eigenvalue weighted by atomic mass is 9.90. The van der Waals surface area contributed by atoms with Gasteiger partial charge in [-0.1, -0.05) is 52.3 Å². The van der Waals surface area contributed by atoms with E-state index in [0.29, 0.717) is 30.8 Å². The van der Waals surface area contributed by atoms with Crippen LogP contribution < -0.4 is 15.0 Å². The Morgan fingerprint density at radius 3 is 2.76 bits per heavy atom. The van der Waals surface area contributed by atoms with Crippen molar-refractivity contribution in [1.29, 1.82) is 0 Å². The maximum atomic E-state index is 13.4. The quantitative estimate of drug-likeness (QED) is 0.493. The van der Waals surface area contributed by atoms with Gasteiger partial charge in [-0.05, 0) is 54.8 Å². The van der Waals surface area contributed by atoms with E-state index in [0.717, 1.165) is 22.2 Å². The van der Waals surface area contributed by atoms with Crippen LogP contribution in [0.15, 0.2) is 71.2 Å². The summed E-state index contributed by atoms with van der Waals surface area (Å²) in [6, 6.07) is 21.1. The Labute approximate surface area is 206 Å². The molecule has 1 N–H and O–H groups in total. The molecule has 3 heterocycles. The van der Waals surface area contributed by atoms with Crippen molar-refractivity contribution in [2.75, 3.05) is 11.4 Å². The molecule has 2 bridgehead atoms. The van der Waals surface area contributed by atoms with Gasteiger partial charge in [0, 0.05) is 35.1 Å². The number of urea groups is 1. The predicted molar refractivity (Wildman–Crippen MR) is 133 cm³/mol. The smallest absolute Gasteiger partial charge is 0.325 e. The molecule has 0 spiro atoms. The molecule has 7 heteroatoms. The molecule has 3 amide bonds. The van der Waals surface area contributed by atoms with Crippen LogP contribution in [0.25, 0.3) is 0 Å². The van der Waals surface area contributed by atoms with E-state index in [4.69, 9.17) is 4.74 Å². The monoisotopic (exact) mass is 517 g/mol. The van der Waals surface area contributed by atoms with Crippen molar-refractivity contribution < 1.29 is 14.3 Å². The van der Waals surface area contributed by atoms with Gasteiger partial charge in [0.25, 0.3) is 5.91 Å². The lowest BCUT2D eigenvalue weighted by molar-refractivity contribution is 0.0377. The van der Waals surface area contributed by atoms with E-state index in [-0.39, 0.29) is 18.0 Å². The Bertz CT molecular complexity index is 1330. The highest BCUT2D eigenvalue weighted by molar-refractivity contribution is 9.10. The molecule has 1 fully saturated rings. The lowest BCUT2D eigenvalue weighted by Gasteiger charge is -2.50. The van der Waals surface area contributed by atoms with Crippen LogP contribution in [0, 0.1) is 0 Å². The van der Waals surface area contributed by atoms with Gasteiger partial charge in [-0.25, -0.2) is 4.79 Å². The van der Waals surface area contributed by atoms with Crippen molar-refractivity contribution in [2.24, 2.45) is 0 Å². The summed E-state index contributed by atoms with van der Waals surface area (Å²) in [6.07, 6.45) is 1.45. The van der Waals surface area contributed by atoms with Crippen LogP contribution >= 0.6 is 15.9 Å². The fourth-order valence-electron chi connectivity index (χ4n) is 5.37. The molecule has 0 radical (unpaired) electrons. The van der Waals surface area contributed by atoms with E-state index in [1.807, 2.05) is 60.4 Å². The zero-order valence-corrected chi connectivity index (χ0v) is 20.3. The molecule has 2 atom stereocenters. The Morgan fingerprint density at radius 2 is 1.91 bits per heavy atom. The standard InChI is InChI=1S/C27H24BrN3O3/c1-27-15-23(22-10-9-20(28)14-24(22)34-27)29-26(33)31(27)21-8-4-7-18(13-21)25(32)30-12-11-17-5-2-3-6-19(17)16-30/h2-10,13-14,23H,11-12,15-16H2,1H3,(H,29,33). The van der Waals surface area contributed by atoms with Gasteiger partial charge in [-0.2, -0.15) is 0 Å². The second-order valence-corrected chi connectivity index (χ2v) is 10.2. The Hall–Kier alpha value is -3.32. The van der Waals surface area contributed by atoms with Gasteiger partial charge in [0.2, 0.25) is 0 Å². The normalized spacial score (nSPS) is 22.9. The first kappa shape index (κ1) is 21.2. The number of carbonyl (C=O) groups excluding carboxylic acids is 2. The number of rotatable bonds is 2.